The van der Waals surface area contributed by atoms with Gasteiger partial charge in [0.25, 0.3) is 5.91 Å². The maximum absolute atomic E-state index is 12.6. The molecule has 7 nitrogen and oxygen atoms in total. The van der Waals surface area contributed by atoms with Crippen LogP contribution in [0.5, 0.6) is 0 Å². The molecule has 1 heterocycles. The Morgan fingerprint density at radius 2 is 1.80 bits per heavy atom. The summed E-state index contributed by atoms with van der Waals surface area (Å²) in [7, 11) is -3.80. The molecular weight excluding hydrogens is 404 g/mol. The van der Waals surface area contributed by atoms with E-state index in [-0.39, 0.29) is 23.8 Å². The number of carbonyl (C=O) groups is 2. The molecule has 154 valence electrons. The lowest BCUT2D eigenvalue weighted by Crippen LogP contribution is -2.33. The smallest absolute Gasteiger partial charge is 0.310 e. The molecular formula is C22H20N2O5S. The molecule has 0 atom stereocenters. The summed E-state index contributed by atoms with van der Waals surface area (Å²) in [6.45, 7) is 0.0170. The number of hydrogen-bond donors (Lipinski definition) is 1. The Balaban J connectivity index is 1.40. The summed E-state index contributed by atoms with van der Waals surface area (Å²) >= 11 is 0. The van der Waals surface area contributed by atoms with Crippen molar-refractivity contribution < 1.29 is 22.7 Å². The second-order valence-electron chi connectivity index (χ2n) is 7.11. The van der Waals surface area contributed by atoms with E-state index < -0.39 is 16.0 Å². The zero-order valence-corrected chi connectivity index (χ0v) is 16.9. The molecule has 0 aromatic heterocycles. The summed E-state index contributed by atoms with van der Waals surface area (Å²) < 4.78 is 28.2. The van der Waals surface area contributed by atoms with Crippen molar-refractivity contribution in [3.8, 4) is 0 Å². The molecule has 0 spiro atoms. The van der Waals surface area contributed by atoms with Crippen molar-refractivity contribution in [2.45, 2.75) is 17.7 Å². The van der Waals surface area contributed by atoms with E-state index in [1.807, 2.05) is 42.5 Å². The SMILES string of the molecule is NS(=O)(=O)c1ccc2c(c1)CCN2C(=O)COC(=O)Cc1cccc2ccccc12. The van der Waals surface area contributed by atoms with E-state index in [0.29, 0.717) is 18.7 Å². The van der Waals surface area contributed by atoms with Gasteiger partial charge in [-0.1, -0.05) is 42.5 Å². The Morgan fingerprint density at radius 1 is 1.03 bits per heavy atom. The Bertz CT molecular complexity index is 1250. The number of rotatable bonds is 5. The van der Waals surface area contributed by atoms with Gasteiger partial charge in [0, 0.05) is 12.2 Å². The van der Waals surface area contributed by atoms with Crippen molar-refractivity contribution in [2.24, 2.45) is 5.14 Å². The van der Waals surface area contributed by atoms with E-state index in [0.717, 1.165) is 21.9 Å². The molecule has 0 radical (unpaired) electrons. The molecule has 8 heteroatoms. The summed E-state index contributed by atoms with van der Waals surface area (Å²) in [4.78, 5) is 26.4. The summed E-state index contributed by atoms with van der Waals surface area (Å²) in [5, 5.41) is 7.17. The number of carbonyl (C=O) groups excluding carboxylic acids is 2. The fourth-order valence-corrected chi connectivity index (χ4v) is 4.25. The van der Waals surface area contributed by atoms with Crippen molar-refractivity contribution in [1.82, 2.24) is 0 Å². The number of benzene rings is 3. The van der Waals surface area contributed by atoms with Crippen molar-refractivity contribution in [3.63, 3.8) is 0 Å². The number of ether oxygens (including phenoxy) is 1. The number of esters is 1. The fraction of sp³-hybridized carbons (Fsp3) is 0.182. The van der Waals surface area contributed by atoms with E-state index in [4.69, 9.17) is 9.88 Å². The van der Waals surface area contributed by atoms with Crippen LogP contribution in [0.15, 0.2) is 65.6 Å². The number of nitrogens with zero attached hydrogens (tertiary/aromatic N) is 1. The van der Waals surface area contributed by atoms with Crippen LogP contribution >= 0.6 is 0 Å². The van der Waals surface area contributed by atoms with Crippen LogP contribution in [-0.4, -0.2) is 33.4 Å². The van der Waals surface area contributed by atoms with Gasteiger partial charge in [0.1, 0.15) is 0 Å². The largest absolute Gasteiger partial charge is 0.455 e. The highest BCUT2D eigenvalue weighted by atomic mass is 32.2. The normalized spacial score (nSPS) is 13.3. The lowest BCUT2D eigenvalue weighted by atomic mass is 10.0. The van der Waals surface area contributed by atoms with Crippen LogP contribution in [0.3, 0.4) is 0 Å². The van der Waals surface area contributed by atoms with Crippen molar-refractivity contribution >= 4 is 38.4 Å². The zero-order chi connectivity index (χ0) is 21.3. The molecule has 1 aliphatic heterocycles. The molecule has 0 saturated carbocycles. The van der Waals surface area contributed by atoms with Gasteiger partial charge in [-0.05, 0) is 46.5 Å². The van der Waals surface area contributed by atoms with E-state index >= 15 is 0 Å². The first-order valence-corrected chi connectivity index (χ1v) is 11.0. The van der Waals surface area contributed by atoms with E-state index in [9.17, 15) is 18.0 Å². The van der Waals surface area contributed by atoms with Gasteiger partial charge in [-0.25, -0.2) is 13.6 Å². The predicted octanol–water partition coefficient (Wildman–Crippen LogP) is 2.16. The second-order valence-corrected chi connectivity index (χ2v) is 8.67. The minimum absolute atomic E-state index is 0.0112. The maximum atomic E-state index is 12.6. The van der Waals surface area contributed by atoms with Gasteiger partial charge in [-0.3, -0.25) is 9.59 Å². The molecule has 1 amide bonds. The second kappa shape index (κ2) is 7.89. The van der Waals surface area contributed by atoms with E-state index in [1.165, 1.54) is 17.0 Å². The van der Waals surface area contributed by atoms with Crippen LogP contribution in [-0.2, 0) is 37.2 Å². The Kier molecular flexibility index (Phi) is 5.27. The van der Waals surface area contributed by atoms with Crippen LogP contribution in [0.2, 0.25) is 0 Å². The third-order valence-electron chi connectivity index (χ3n) is 5.15. The minimum atomic E-state index is -3.80. The average molecular weight is 424 g/mol. The summed E-state index contributed by atoms with van der Waals surface area (Å²) in [5.41, 5.74) is 2.17. The van der Waals surface area contributed by atoms with Gasteiger partial charge in [-0.15, -0.1) is 0 Å². The topological polar surface area (TPSA) is 107 Å². The maximum Gasteiger partial charge on any atom is 0.310 e. The van der Waals surface area contributed by atoms with Crippen molar-refractivity contribution in [2.75, 3.05) is 18.1 Å². The van der Waals surface area contributed by atoms with E-state index in [1.54, 1.807) is 6.07 Å². The van der Waals surface area contributed by atoms with Crippen molar-refractivity contribution in [3.05, 3.63) is 71.8 Å². The lowest BCUT2D eigenvalue weighted by molar-refractivity contribution is -0.147. The highest BCUT2D eigenvalue weighted by molar-refractivity contribution is 7.89. The third-order valence-corrected chi connectivity index (χ3v) is 6.06. The summed E-state index contributed by atoms with van der Waals surface area (Å²) in [6.07, 6.45) is 0.581. The zero-order valence-electron chi connectivity index (χ0n) is 16.1. The van der Waals surface area contributed by atoms with Gasteiger partial charge >= 0.3 is 5.97 Å². The quantitative estimate of drug-likeness (QED) is 0.632. The summed E-state index contributed by atoms with van der Waals surface area (Å²) in [6, 6.07) is 17.9. The molecule has 0 aliphatic carbocycles. The number of amides is 1. The highest BCUT2D eigenvalue weighted by Gasteiger charge is 2.26. The van der Waals surface area contributed by atoms with Crippen LogP contribution in [0.1, 0.15) is 11.1 Å². The molecule has 4 rings (SSSR count). The highest BCUT2D eigenvalue weighted by Crippen LogP contribution is 2.30. The van der Waals surface area contributed by atoms with Gasteiger partial charge in [0.05, 0.1) is 11.3 Å². The predicted molar refractivity (Wildman–Crippen MR) is 112 cm³/mol. The summed E-state index contributed by atoms with van der Waals surface area (Å²) in [5.74, 6) is -0.841. The Labute approximate surface area is 174 Å². The third kappa shape index (κ3) is 4.05. The number of fused-ring (bicyclic) bond motifs is 2. The molecule has 0 fully saturated rings. The number of sulfonamides is 1. The average Bonchev–Trinajstić information content (AvgIpc) is 3.15. The van der Waals surface area contributed by atoms with Crippen LogP contribution in [0.4, 0.5) is 5.69 Å². The number of nitrogens with two attached hydrogens (primary N) is 1. The number of anilines is 1. The number of primary sulfonamides is 1. The number of hydrogen-bond acceptors (Lipinski definition) is 5. The molecule has 2 N–H and O–H groups in total. The molecule has 3 aromatic rings. The molecule has 30 heavy (non-hydrogen) atoms. The van der Waals surface area contributed by atoms with E-state index in [2.05, 4.69) is 0 Å². The molecule has 0 bridgehead atoms. The van der Waals surface area contributed by atoms with Crippen LogP contribution in [0, 0.1) is 0 Å². The standard InChI is InChI=1S/C22H20N2O5S/c23-30(27,28)18-8-9-20-17(12-18)10-11-24(20)21(25)14-29-22(26)13-16-6-3-5-15-4-1-2-7-19(15)16/h1-9,12H,10-11,13-14H2,(H2,23,27,28). The minimum Gasteiger partial charge on any atom is -0.455 e. The molecule has 1 aliphatic rings. The van der Waals surface area contributed by atoms with Crippen LogP contribution < -0.4 is 10.0 Å². The van der Waals surface area contributed by atoms with Gasteiger partial charge in [0.2, 0.25) is 10.0 Å². The fourth-order valence-electron chi connectivity index (χ4n) is 3.69. The van der Waals surface area contributed by atoms with Crippen molar-refractivity contribution in [1.29, 1.82) is 0 Å². The molecule has 0 saturated heterocycles. The van der Waals surface area contributed by atoms with Crippen LogP contribution in [0.25, 0.3) is 10.8 Å². The Morgan fingerprint density at radius 3 is 2.60 bits per heavy atom. The molecule has 0 unspecified atom stereocenters. The lowest BCUT2D eigenvalue weighted by Gasteiger charge is -2.17. The first-order chi connectivity index (χ1) is 14.3. The first-order valence-electron chi connectivity index (χ1n) is 9.41. The molecule has 3 aromatic carbocycles. The monoisotopic (exact) mass is 424 g/mol. The van der Waals surface area contributed by atoms with Gasteiger partial charge in [0.15, 0.2) is 6.61 Å². The Hall–Kier alpha value is -3.23. The first kappa shape index (κ1) is 20.1. The van der Waals surface area contributed by atoms with Gasteiger partial charge in [-0.2, -0.15) is 0 Å². The van der Waals surface area contributed by atoms with Gasteiger partial charge < -0.3 is 9.64 Å².